The standard InChI is InChI=1S/C24H24N4O2S/c1-16(15-25-22(29)21-17(2)26-24-28(21)13-14-31-24)27(3)23(30)20-12-8-7-11-19(20)18-9-5-4-6-10-18/h4-14,16H,15H2,1-3H3,(H,25,29). The van der Waals surface area contributed by atoms with Crippen LogP contribution in [0.3, 0.4) is 0 Å². The number of rotatable bonds is 6. The molecule has 4 aromatic rings. The van der Waals surface area contributed by atoms with Crippen LogP contribution in [-0.2, 0) is 0 Å². The molecule has 0 aliphatic carbocycles. The highest BCUT2D eigenvalue weighted by molar-refractivity contribution is 7.15. The Balaban J connectivity index is 1.47. The number of imidazole rings is 1. The summed E-state index contributed by atoms with van der Waals surface area (Å²) in [6.07, 6.45) is 1.84. The minimum absolute atomic E-state index is 0.0815. The number of aryl methyl sites for hydroxylation is 1. The Labute approximate surface area is 185 Å². The molecular formula is C24H24N4O2S. The van der Waals surface area contributed by atoms with E-state index in [4.69, 9.17) is 0 Å². The fraction of sp³-hybridized carbons (Fsp3) is 0.208. The zero-order chi connectivity index (χ0) is 22.0. The van der Waals surface area contributed by atoms with E-state index >= 15 is 0 Å². The summed E-state index contributed by atoms with van der Waals surface area (Å²) < 4.78 is 1.80. The molecule has 0 spiro atoms. The van der Waals surface area contributed by atoms with Crippen LogP contribution in [0, 0.1) is 6.92 Å². The van der Waals surface area contributed by atoms with Crippen molar-refractivity contribution >= 4 is 28.1 Å². The zero-order valence-electron chi connectivity index (χ0n) is 17.7. The topological polar surface area (TPSA) is 66.7 Å². The zero-order valence-corrected chi connectivity index (χ0v) is 18.5. The van der Waals surface area contributed by atoms with E-state index in [1.54, 1.807) is 16.3 Å². The number of benzene rings is 2. The van der Waals surface area contributed by atoms with E-state index in [1.807, 2.05) is 80.0 Å². The summed E-state index contributed by atoms with van der Waals surface area (Å²) in [7, 11) is 1.77. The average Bonchev–Trinajstić information content (AvgIpc) is 3.36. The first-order valence-electron chi connectivity index (χ1n) is 10.1. The van der Waals surface area contributed by atoms with Crippen LogP contribution in [0.15, 0.2) is 66.2 Å². The van der Waals surface area contributed by atoms with Crippen LogP contribution >= 0.6 is 11.3 Å². The van der Waals surface area contributed by atoms with Crippen molar-refractivity contribution in [1.82, 2.24) is 19.6 Å². The maximum absolute atomic E-state index is 13.2. The lowest BCUT2D eigenvalue weighted by molar-refractivity contribution is 0.0731. The van der Waals surface area contributed by atoms with Crippen molar-refractivity contribution in [2.24, 2.45) is 0 Å². The van der Waals surface area contributed by atoms with Gasteiger partial charge in [-0.15, -0.1) is 11.3 Å². The highest BCUT2D eigenvalue weighted by Gasteiger charge is 2.22. The van der Waals surface area contributed by atoms with Gasteiger partial charge in [0, 0.05) is 36.8 Å². The molecule has 0 fully saturated rings. The predicted octanol–water partition coefficient (Wildman–Crippen LogP) is 4.26. The molecule has 2 heterocycles. The van der Waals surface area contributed by atoms with Crippen LogP contribution in [0.25, 0.3) is 16.1 Å². The molecule has 2 amide bonds. The lowest BCUT2D eigenvalue weighted by Crippen LogP contribution is -2.43. The molecule has 31 heavy (non-hydrogen) atoms. The molecule has 7 heteroatoms. The summed E-state index contributed by atoms with van der Waals surface area (Å²) in [6.45, 7) is 4.09. The number of carbonyl (C=O) groups is 2. The SMILES string of the molecule is Cc1nc2sccn2c1C(=O)NCC(C)N(C)C(=O)c1ccccc1-c1ccccc1. The second-order valence-corrected chi connectivity index (χ2v) is 8.36. The number of fused-ring (bicyclic) bond motifs is 1. The Kier molecular flexibility index (Phi) is 5.86. The van der Waals surface area contributed by atoms with Crippen molar-refractivity contribution in [1.29, 1.82) is 0 Å². The first-order chi connectivity index (χ1) is 15.0. The largest absolute Gasteiger partial charge is 0.349 e. The number of carbonyl (C=O) groups excluding carboxylic acids is 2. The Morgan fingerprint density at radius 2 is 1.84 bits per heavy atom. The molecule has 0 bridgehead atoms. The van der Waals surface area contributed by atoms with Crippen molar-refractivity contribution in [2.45, 2.75) is 19.9 Å². The van der Waals surface area contributed by atoms with Crippen LogP contribution in [0.1, 0.15) is 33.5 Å². The third kappa shape index (κ3) is 4.09. The maximum atomic E-state index is 13.2. The molecule has 2 aromatic carbocycles. The van der Waals surface area contributed by atoms with E-state index in [9.17, 15) is 9.59 Å². The maximum Gasteiger partial charge on any atom is 0.270 e. The minimum atomic E-state index is -0.194. The Hall–Kier alpha value is -3.45. The van der Waals surface area contributed by atoms with Gasteiger partial charge in [-0.2, -0.15) is 0 Å². The van der Waals surface area contributed by atoms with Gasteiger partial charge in [0.1, 0.15) is 5.69 Å². The predicted molar refractivity (Wildman–Crippen MR) is 124 cm³/mol. The van der Waals surface area contributed by atoms with Crippen molar-refractivity contribution in [3.05, 3.63) is 83.1 Å². The molecule has 4 rings (SSSR count). The summed E-state index contributed by atoms with van der Waals surface area (Å²) >= 11 is 1.49. The molecule has 6 nitrogen and oxygen atoms in total. The minimum Gasteiger partial charge on any atom is -0.349 e. The second-order valence-electron chi connectivity index (χ2n) is 7.49. The molecule has 0 saturated heterocycles. The van der Waals surface area contributed by atoms with E-state index in [2.05, 4.69) is 10.3 Å². The number of aromatic nitrogens is 2. The summed E-state index contributed by atoms with van der Waals surface area (Å²) in [5.41, 5.74) is 3.76. The number of likely N-dealkylation sites (N-methyl/N-ethyl adjacent to an activating group) is 1. The Morgan fingerprint density at radius 3 is 2.61 bits per heavy atom. The number of amides is 2. The normalized spacial score (nSPS) is 12.0. The van der Waals surface area contributed by atoms with Gasteiger partial charge in [0.2, 0.25) is 0 Å². The van der Waals surface area contributed by atoms with Crippen molar-refractivity contribution in [2.75, 3.05) is 13.6 Å². The van der Waals surface area contributed by atoms with Crippen LogP contribution in [0.5, 0.6) is 0 Å². The summed E-state index contributed by atoms with van der Waals surface area (Å²) in [4.78, 5) is 32.9. The molecule has 0 aliphatic rings. The molecule has 0 radical (unpaired) electrons. The number of hydrogen-bond donors (Lipinski definition) is 1. The van der Waals surface area contributed by atoms with Crippen molar-refractivity contribution in [3.8, 4) is 11.1 Å². The summed E-state index contributed by atoms with van der Waals surface area (Å²) in [6, 6.07) is 17.3. The van der Waals surface area contributed by atoms with Crippen molar-refractivity contribution in [3.63, 3.8) is 0 Å². The van der Waals surface area contributed by atoms with Crippen LogP contribution < -0.4 is 5.32 Å². The fourth-order valence-electron chi connectivity index (χ4n) is 3.56. The van der Waals surface area contributed by atoms with Gasteiger partial charge < -0.3 is 10.2 Å². The highest BCUT2D eigenvalue weighted by Crippen LogP contribution is 2.25. The lowest BCUT2D eigenvalue weighted by atomic mass is 9.98. The monoisotopic (exact) mass is 432 g/mol. The van der Waals surface area contributed by atoms with Gasteiger partial charge in [-0.3, -0.25) is 14.0 Å². The van der Waals surface area contributed by atoms with E-state index < -0.39 is 0 Å². The average molecular weight is 433 g/mol. The summed E-state index contributed by atoms with van der Waals surface area (Å²) in [5, 5.41) is 4.85. The van der Waals surface area contributed by atoms with E-state index in [0.29, 0.717) is 23.5 Å². The molecule has 1 atom stereocenters. The first kappa shape index (κ1) is 20.8. The van der Waals surface area contributed by atoms with Gasteiger partial charge in [0.25, 0.3) is 11.8 Å². The lowest BCUT2D eigenvalue weighted by Gasteiger charge is -2.26. The van der Waals surface area contributed by atoms with Gasteiger partial charge >= 0.3 is 0 Å². The van der Waals surface area contributed by atoms with E-state index in [-0.39, 0.29) is 17.9 Å². The number of nitrogens with zero attached hydrogens (tertiary/aromatic N) is 3. The van der Waals surface area contributed by atoms with Gasteiger partial charge in [-0.1, -0.05) is 48.5 Å². The van der Waals surface area contributed by atoms with Gasteiger partial charge in [-0.05, 0) is 31.0 Å². The first-order valence-corrected chi connectivity index (χ1v) is 11.0. The molecule has 2 aromatic heterocycles. The molecule has 0 aliphatic heterocycles. The van der Waals surface area contributed by atoms with E-state index in [1.165, 1.54) is 11.3 Å². The molecule has 1 N–H and O–H groups in total. The second kappa shape index (κ2) is 8.73. The van der Waals surface area contributed by atoms with Crippen molar-refractivity contribution < 1.29 is 9.59 Å². The smallest absolute Gasteiger partial charge is 0.270 e. The van der Waals surface area contributed by atoms with Gasteiger partial charge in [0.15, 0.2) is 4.96 Å². The van der Waals surface area contributed by atoms with E-state index in [0.717, 1.165) is 16.1 Å². The molecular weight excluding hydrogens is 408 g/mol. The quantitative estimate of drug-likeness (QED) is 0.495. The summed E-state index contributed by atoms with van der Waals surface area (Å²) in [5.74, 6) is -0.275. The van der Waals surface area contributed by atoms with Crippen LogP contribution in [0.2, 0.25) is 0 Å². The molecule has 1 unspecified atom stereocenters. The Bertz CT molecular complexity index is 1230. The van der Waals surface area contributed by atoms with Crippen LogP contribution in [0.4, 0.5) is 0 Å². The Morgan fingerprint density at radius 1 is 1.13 bits per heavy atom. The van der Waals surface area contributed by atoms with Gasteiger partial charge in [-0.25, -0.2) is 4.98 Å². The third-order valence-electron chi connectivity index (χ3n) is 5.43. The van der Waals surface area contributed by atoms with Crippen LogP contribution in [-0.4, -0.2) is 45.7 Å². The number of thiazole rings is 1. The van der Waals surface area contributed by atoms with Gasteiger partial charge in [0.05, 0.1) is 5.69 Å². The fourth-order valence-corrected chi connectivity index (χ4v) is 4.32. The highest BCUT2D eigenvalue weighted by atomic mass is 32.1. The molecule has 0 saturated carbocycles. The number of hydrogen-bond acceptors (Lipinski definition) is 4. The molecule has 158 valence electrons. The number of nitrogens with one attached hydrogen (secondary N) is 1. The third-order valence-corrected chi connectivity index (χ3v) is 6.19.